The number of hydrogen-bond acceptors (Lipinski definition) is 7. The van der Waals surface area contributed by atoms with Gasteiger partial charge in [0.1, 0.15) is 0 Å². The molecule has 0 fully saturated rings. The van der Waals surface area contributed by atoms with Crippen molar-refractivity contribution in [3.63, 3.8) is 0 Å². The van der Waals surface area contributed by atoms with Crippen LogP contribution in [0.3, 0.4) is 0 Å². The van der Waals surface area contributed by atoms with E-state index in [4.69, 9.17) is 0 Å². The lowest BCUT2D eigenvalue weighted by Crippen LogP contribution is -2.15. The van der Waals surface area contributed by atoms with Gasteiger partial charge in [-0.1, -0.05) is 35.5 Å². The zero-order chi connectivity index (χ0) is 23.4. The van der Waals surface area contributed by atoms with Crippen molar-refractivity contribution in [2.75, 3.05) is 11.1 Å². The van der Waals surface area contributed by atoms with E-state index >= 15 is 0 Å². The van der Waals surface area contributed by atoms with Crippen LogP contribution in [0.4, 0.5) is 11.4 Å². The number of hydrogen-bond donors (Lipinski definition) is 1. The van der Waals surface area contributed by atoms with Crippen LogP contribution in [-0.4, -0.2) is 36.3 Å². The molecule has 4 rings (SSSR count). The van der Waals surface area contributed by atoms with Crippen LogP contribution in [0, 0.1) is 24.0 Å². The van der Waals surface area contributed by atoms with Gasteiger partial charge in [-0.2, -0.15) is 0 Å². The van der Waals surface area contributed by atoms with Crippen molar-refractivity contribution < 1.29 is 9.72 Å². The number of benzene rings is 2. The van der Waals surface area contributed by atoms with Crippen LogP contribution in [0.1, 0.15) is 11.1 Å². The Bertz CT molecular complexity index is 1310. The number of amides is 1. The number of rotatable bonds is 7. The molecule has 0 spiro atoms. The SMILES string of the molecule is Cc1ccc(-n2c(SCC(=O)Nc3cc([N+](=O)[O-])ccc3C)nnc2-c2cccnc2)cc1. The van der Waals surface area contributed by atoms with Crippen molar-refractivity contribution in [3.05, 3.63) is 88.2 Å². The zero-order valence-electron chi connectivity index (χ0n) is 17.9. The number of aryl methyl sites for hydroxylation is 2. The highest BCUT2D eigenvalue weighted by Crippen LogP contribution is 2.28. The zero-order valence-corrected chi connectivity index (χ0v) is 18.7. The fourth-order valence-electron chi connectivity index (χ4n) is 3.15. The molecule has 1 amide bonds. The summed E-state index contributed by atoms with van der Waals surface area (Å²) < 4.78 is 1.88. The Morgan fingerprint density at radius 2 is 1.91 bits per heavy atom. The molecule has 0 saturated heterocycles. The molecular weight excluding hydrogens is 440 g/mol. The maximum Gasteiger partial charge on any atom is 0.271 e. The summed E-state index contributed by atoms with van der Waals surface area (Å²) in [6.45, 7) is 3.79. The minimum Gasteiger partial charge on any atom is -0.325 e. The predicted molar refractivity (Wildman–Crippen MR) is 127 cm³/mol. The van der Waals surface area contributed by atoms with Crippen molar-refractivity contribution in [3.8, 4) is 17.1 Å². The minimum atomic E-state index is -0.492. The van der Waals surface area contributed by atoms with E-state index in [1.54, 1.807) is 25.4 Å². The van der Waals surface area contributed by atoms with E-state index in [0.29, 0.717) is 16.7 Å². The first-order valence-corrected chi connectivity index (χ1v) is 11.0. The lowest BCUT2D eigenvalue weighted by Gasteiger charge is -2.11. The van der Waals surface area contributed by atoms with Crippen molar-refractivity contribution >= 4 is 29.0 Å². The minimum absolute atomic E-state index is 0.0547. The summed E-state index contributed by atoms with van der Waals surface area (Å²) in [6, 6.07) is 16.0. The Morgan fingerprint density at radius 1 is 1.12 bits per heavy atom. The third-order valence-electron chi connectivity index (χ3n) is 4.88. The average Bonchev–Trinajstić information content (AvgIpc) is 3.24. The number of nitro benzene ring substituents is 1. The maximum absolute atomic E-state index is 12.6. The molecule has 9 nitrogen and oxygen atoms in total. The standard InChI is InChI=1S/C23H20N6O3S/c1-15-5-8-18(9-6-15)28-22(17-4-3-11-24-13-17)26-27-23(28)33-14-21(30)25-20-12-19(29(31)32)10-7-16(20)2/h3-13H,14H2,1-2H3,(H,25,30). The highest BCUT2D eigenvalue weighted by Gasteiger charge is 2.18. The van der Waals surface area contributed by atoms with E-state index in [9.17, 15) is 14.9 Å². The molecular formula is C23H20N6O3S. The molecule has 10 heteroatoms. The van der Waals surface area contributed by atoms with Crippen LogP contribution < -0.4 is 5.32 Å². The number of pyridine rings is 1. The van der Waals surface area contributed by atoms with Crippen LogP contribution in [0.2, 0.25) is 0 Å². The number of anilines is 1. The van der Waals surface area contributed by atoms with Crippen molar-refractivity contribution in [1.29, 1.82) is 0 Å². The predicted octanol–water partition coefficient (Wildman–Crippen LogP) is 4.59. The molecule has 2 aromatic carbocycles. The van der Waals surface area contributed by atoms with Crippen molar-refractivity contribution in [1.82, 2.24) is 19.7 Å². The molecule has 166 valence electrons. The van der Waals surface area contributed by atoms with Crippen LogP contribution in [-0.2, 0) is 4.79 Å². The molecule has 0 unspecified atom stereocenters. The summed E-state index contributed by atoms with van der Waals surface area (Å²) in [6.07, 6.45) is 3.40. The number of nitro groups is 1. The van der Waals surface area contributed by atoms with E-state index < -0.39 is 4.92 Å². The fourth-order valence-corrected chi connectivity index (χ4v) is 3.90. The molecule has 1 N–H and O–H groups in total. The smallest absolute Gasteiger partial charge is 0.271 e. The molecule has 2 aromatic heterocycles. The van der Waals surface area contributed by atoms with Crippen LogP contribution in [0.5, 0.6) is 0 Å². The maximum atomic E-state index is 12.6. The molecule has 0 radical (unpaired) electrons. The third-order valence-corrected chi connectivity index (χ3v) is 5.81. The Hall–Kier alpha value is -4.05. The van der Waals surface area contributed by atoms with E-state index in [1.807, 2.05) is 47.9 Å². The summed E-state index contributed by atoms with van der Waals surface area (Å²) in [5, 5.41) is 23.0. The van der Waals surface area contributed by atoms with E-state index in [1.165, 1.54) is 23.9 Å². The summed E-state index contributed by atoms with van der Waals surface area (Å²) in [5.74, 6) is 0.369. The van der Waals surface area contributed by atoms with Gasteiger partial charge in [0.25, 0.3) is 5.69 Å². The number of non-ortho nitro benzene ring substituents is 1. The first-order valence-electron chi connectivity index (χ1n) is 10.0. The number of thioether (sulfide) groups is 1. The largest absolute Gasteiger partial charge is 0.325 e. The van der Waals surface area contributed by atoms with Gasteiger partial charge in [-0.05, 0) is 43.7 Å². The van der Waals surface area contributed by atoms with Crippen LogP contribution in [0.15, 0.2) is 72.1 Å². The van der Waals surface area contributed by atoms with E-state index in [2.05, 4.69) is 20.5 Å². The average molecular weight is 461 g/mol. The van der Waals surface area contributed by atoms with E-state index in [-0.39, 0.29) is 17.3 Å². The Morgan fingerprint density at radius 3 is 2.61 bits per heavy atom. The van der Waals surface area contributed by atoms with Gasteiger partial charge in [-0.25, -0.2) is 0 Å². The number of carbonyl (C=O) groups is 1. The second kappa shape index (κ2) is 9.61. The first-order chi connectivity index (χ1) is 15.9. The van der Waals surface area contributed by atoms with Gasteiger partial charge in [-0.3, -0.25) is 24.5 Å². The van der Waals surface area contributed by atoms with Crippen LogP contribution >= 0.6 is 11.8 Å². The molecule has 0 aliphatic carbocycles. The van der Waals surface area contributed by atoms with Gasteiger partial charge in [0, 0.05) is 35.8 Å². The molecule has 0 saturated carbocycles. The molecule has 0 aliphatic rings. The Balaban J connectivity index is 1.58. The first kappa shape index (κ1) is 22.2. The monoisotopic (exact) mass is 460 g/mol. The molecule has 33 heavy (non-hydrogen) atoms. The number of aromatic nitrogens is 4. The molecule has 0 bridgehead atoms. The normalized spacial score (nSPS) is 10.7. The highest BCUT2D eigenvalue weighted by molar-refractivity contribution is 7.99. The molecule has 2 heterocycles. The summed E-state index contributed by atoms with van der Waals surface area (Å²) >= 11 is 1.23. The third kappa shape index (κ3) is 5.07. The second-order valence-corrected chi connectivity index (χ2v) is 8.25. The van der Waals surface area contributed by atoms with Gasteiger partial charge in [0.15, 0.2) is 11.0 Å². The number of nitrogens with one attached hydrogen (secondary N) is 1. The summed E-state index contributed by atoms with van der Waals surface area (Å²) in [5.41, 5.74) is 3.85. The summed E-state index contributed by atoms with van der Waals surface area (Å²) in [7, 11) is 0. The molecule has 0 atom stereocenters. The van der Waals surface area contributed by atoms with E-state index in [0.717, 1.165) is 22.4 Å². The van der Waals surface area contributed by atoms with Crippen molar-refractivity contribution in [2.45, 2.75) is 19.0 Å². The van der Waals surface area contributed by atoms with Gasteiger partial charge in [0.05, 0.1) is 16.4 Å². The lowest BCUT2D eigenvalue weighted by atomic mass is 10.2. The number of carbonyl (C=O) groups excluding carboxylic acids is 1. The quantitative estimate of drug-likeness (QED) is 0.244. The molecule has 0 aliphatic heterocycles. The second-order valence-electron chi connectivity index (χ2n) is 7.31. The summed E-state index contributed by atoms with van der Waals surface area (Å²) in [4.78, 5) is 27.3. The van der Waals surface area contributed by atoms with Gasteiger partial charge < -0.3 is 5.32 Å². The Kier molecular flexibility index (Phi) is 6.45. The van der Waals surface area contributed by atoms with Gasteiger partial charge in [-0.15, -0.1) is 10.2 Å². The van der Waals surface area contributed by atoms with Crippen molar-refractivity contribution in [2.24, 2.45) is 0 Å². The van der Waals surface area contributed by atoms with Crippen LogP contribution in [0.25, 0.3) is 17.1 Å². The topological polar surface area (TPSA) is 116 Å². The highest BCUT2D eigenvalue weighted by atomic mass is 32.2. The number of nitrogens with zero attached hydrogens (tertiary/aromatic N) is 5. The van der Waals surface area contributed by atoms with Gasteiger partial charge in [0.2, 0.25) is 5.91 Å². The fraction of sp³-hybridized carbons (Fsp3) is 0.130. The molecule has 4 aromatic rings. The Labute approximate surface area is 194 Å². The van der Waals surface area contributed by atoms with Gasteiger partial charge >= 0.3 is 0 Å². The lowest BCUT2D eigenvalue weighted by molar-refractivity contribution is -0.384.